The smallest absolute Gasteiger partial charge is 0.308 e. The SMILES string of the molecule is CCC(CNc1nccn2nccc12)C(=O)O. The maximum absolute atomic E-state index is 10.9. The third kappa shape index (κ3) is 2.35. The molecule has 0 amide bonds. The van der Waals surface area contributed by atoms with Crippen molar-refractivity contribution in [2.75, 3.05) is 11.9 Å². The van der Waals surface area contributed by atoms with Crippen molar-refractivity contribution in [1.29, 1.82) is 0 Å². The summed E-state index contributed by atoms with van der Waals surface area (Å²) in [6.07, 6.45) is 5.64. The van der Waals surface area contributed by atoms with Gasteiger partial charge in [-0.15, -0.1) is 0 Å². The Morgan fingerprint density at radius 2 is 2.41 bits per heavy atom. The molecule has 2 aromatic rings. The van der Waals surface area contributed by atoms with Gasteiger partial charge < -0.3 is 10.4 Å². The van der Waals surface area contributed by atoms with Gasteiger partial charge >= 0.3 is 5.97 Å². The number of anilines is 1. The zero-order valence-corrected chi connectivity index (χ0v) is 9.50. The normalized spacial score (nSPS) is 12.5. The first kappa shape index (κ1) is 11.4. The van der Waals surface area contributed by atoms with Gasteiger partial charge in [0, 0.05) is 18.9 Å². The number of hydrogen-bond donors (Lipinski definition) is 2. The van der Waals surface area contributed by atoms with E-state index in [9.17, 15) is 4.79 Å². The first-order valence-corrected chi connectivity index (χ1v) is 5.47. The molecule has 0 bridgehead atoms. The number of aromatic nitrogens is 3. The van der Waals surface area contributed by atoms with Crippen LogP contribution in [0.4, 0.5) is 5.82 Å². The molecule has 1 unspecified atom stereocenters. The van der Waals surface area contributed by atoms with Crippen LogP contribution in [-0.4, -0.2) is 32.2 Å². The number of carboxylic acid groups (broad SMARTS) is 1. The van der Waals surface area contributed by atoms with Crippen molar-refractivity contribution >= 4 is 17.3 Å². The fourth-order valence-corrected chi connectivity index (χ4v) is 1.62. The van der Waals surface area contributed by atoms with E-state index in [1.165, 1.54) is 0 Å². The molecule has 0 aliphatic rings. The zero-order valence-electron chi connectivity index (χ0n) is 9.50. The lowest BCUT2D eigenvalue weighted by Crippen LogP contribution is -2.22. The fourth-order valence-electron chi connectivity index (χ4n) is 1.62. The Morgan fingerprint density at radius 3 is 3.12 bits per heavy atom. The minimum atomic E-state index is -0.791. The minimum absolute atomic E-state index is 0.365. The first-order chi connectivity index (χ1) is 8.22. The highest BCUT2D eigenvalue weighted by atomic mass is 16.4. The lowest BCUT2D eigenvalue weighted by Gasteiger charge is -2.11. The third-order valence-corrected chi connectivity index (χ3v) is 2.68. The highest BCUT2D eigenvalue weighted by Gasteiger charge is 2.15. The Balaban J connectivity index is 2.13. The number of carbonyl (C=O) groups is 1. The number of nitrogens with one attached hydrogen (secondary N) is 1. The molecule has 2 aromatic heterocycles. The average molecular weight is 234 g/mol. The summed E-state index contributed by atoms with van der Waals surface area (Å²) < 4.78 is 1.69. The van der Waals surface area contributed by atoms with Gasteiger partial charge in [0.2, 0.25) is 0 Å². The molecule has 2 heterocycles. The first-order valence-electron chi connectivity index (χ1n) is 5.47. The molecule has 6 nitrogen and oxygen atoms in total. The molecule has 17 heavy (non-hydrogen) atoms. The number of fused-ring (bicyclic) bond motifs is 1. The Bertz CT molecular complexity index is 523. The van der Waals surface area contributed by atoms with E-state index in [2.05, 4.69) is 15.4 Å². The van der Waals surface area contributed by atoms with Crippen molar-refractivity contribution in [3.8, 4) is 0 Å². The molecule has 2 N–H and O–H groups in total. The fraction of sp³-hybridized carbons (Fsp3) is 0.364. The van der Waals surface area contributed by atoms with E-state index in [-0.39, 0.29) is 0 Å². The standard InChI is InChI=1S/C11H14N4O2/c1-2-8(11(16)17)7-13-10-9-3-4-14-15(9)6-5-12-10/h3-6,8H,2,7H2,1H3,(H,12,13)(H,16,17). The van der Waals surface area contributed by atoms with Gasteiger partial charge in [0.05, 0.1) is 12.1 Å². The molecule has 0 saturated carbocycles. The largest absolute Gasteiger partial charge is 0.481 e. The lowest BCUT2D eigenvalue weighted by molar-refractivity contribution is -0.141. The molecular weight excluding hydrogens is 220 g/mol. The molecule has 90 valence electrons. The molecule has 1 atom stereocenters. The van der Waals surface area contributed by atoms with Crippen LogP contribution in [0.15, 0.2) is 24.7 Å². The summed E-state index contributed by atoms with van der Waals surface area (Å²) >= 11 is 0. The Kier molecular flexibility index (Phi) is 3.22. The van der Waals surface area contributed by atoms with Crippen molar-refractivity contribution in [1.82, 2.24) is 14.6 Å². The maximum atomic E-state index is 10.9. The number of rotatable bonds is 5. The second-order valence-corrected chi connectivity index (χ2v) is 3.76. The van der Waals surface area contributed by atoms with Gasteiger partial charge in [0.1, 0.15) is 5.52 Å². The van der Waals surface area contributed by atoms with E-state index in [0.29, 0.717) is 18.8 Å². The second-order valence-electron chi connectivity index (χ2n) is 3.76. The Hall–Kier alpha value is -2.11. The molecule has 0 aliphatic heterocycles. The Morgan fingerprint density at radius 1 is 1.59 bits per heavy atom. The van der Waals surface area contributed by atoms with Crippen molar-refractivity contribution < 1.29 is 9.90 Å². The summed E-state index contributed by atoms with van der Waals surface area (Å²) in [5.74, 6) is -0.537. The third-order valence-electron chi connectivity index (χ3n) is 2.68. The summed E-state index contributed by atoms with van der Waals surface area (Å²) in [6.45, 7) is 2.22. The van der Waals surface area contributed by atoms with Gasteiger partial charge in [-0.2, -0.15) is 5.10 Å². The van der Waals surface area contributed by atoms with E-state index in [1.54, 1.807) is 23.1 Å². The topological polar surface area (TPSA) is 79.5 Å². The van der Waals surface area contributed by atoms with E-state index >= 15 is 0 Å². The van der Waals surface area contributed by atoms with Crippen LogP contribution in [0.25, 0.3) is 5.52 Å². The summed E-state index contributed by atoms with van der Waals surface area (Å²) in [4.78, 5) is 15.1. The molecule has 0 radical (unpaired) electrons. The van der Waals surface area contributed by atoms with Crippen molar-refractivity contribution in [2.45, 2.75) is 13.3 Å². The van der Waals surface area contributed by atoms with Crippen molar-refractivity contribution in [3.05, 3.63) is 24.7 Å². The molecule has 0 aromatic carbocycles. The van der Waals surface area contributed by atoms with Gasteiger partial charge in [0.15, 0.2) is 5.82 Å². The van der Waals surface area contributed by atoms with Crippen molar-refractivity contribution in [3.63, 3.8) is 0 Å². The van der Waals surface area contributed by atoms with Crippen LogP contribution in [-0.2, 0) is 4.79 Å². The molecule has 2 rings (SSSR count). The van der Waals surface area contributed by atoms with Crippen LogP contribution in [0, 0.1) is 5.92 Å². The van der Waals surface area contributed by atoms with Crippen LogP contribution >= 0.6 is 0 Å². The number of hydrogen-bond acceptors (Lipinski definition) is 4. The number of nitrogens with zero attached hydrogens (tertiary/aromatic N) is 3. The van der Waals surface area contributed by atoms with Crippen molar-refractivity contribution in [2.24, 2.45) is 5.92 Å². The molecule has 0 aliphatic carbocycles. The lowest BCUT2D eigenvalue weighted by atomic mass is 10.1. The molecule has 0 fully saturated rings. The molecule has 0 spiro atoms. The number of carboxylic acids is 1. The van der Waals surface area contributed by atoms with E-state index in [1.807, 2.05) is 13.0 Å². The summed E-state index contributed by atoms with van der Waals surface area (Å²) in [7, 11) is 0. The molecule has 6 heteroatoms. The maximum Gasteiger partial charge on any atom is 0.308 e. The Labute approximate surface area is 98.3 Å². The quantitative estimate of drug-likeness (QED) is 0.814. The number of aliphatic carboxylic acids is 1. The average Bonchev–Trinajstić information content (AvgIpc) is 2.78. The van der Waals surface area contributed by atoms with Gasteiger partial charge in [-0.25, -0.2) is 9.50 Å². The minimum Gasteiger partial charge on any atom is -0.481 e. The molecular formula is C11H14N4O2. The highest BCUT2D eigenvalue weighted by molar-refractivity contribution is 5.72. The second kappa shape index (κ2) is 4.82. The summed E-state index contributed by atoms with van der Waals surface area (Å²) in [5, 5.41) is 16.1. The predicted octanol–water partition coefficient (Wildman–Crippen LogP) is 1.25. The highest BCUT2D eigenvalue weighted by Crippen LogP contribution is 2.13. The van der Waals surface area contributed by atoms with Gasteiger partial charge in [-0.1, -0.05) is 6.92 Å². The van der Waals surface area contributed by atoms with Crippen LogP contribution in [0.3, 0.4) is 0 Å². The van der Waals surface area contributed by atoms with Gasteiger partial charge in [-0.05, 0) is 12.5 Å². The summed E-state index contributed by atoms with van der Waals surface area (Å²) in [5.41, 5.74) is 0.841. The van der Waals surface area contributed by atoms with Crippen LogP contribution in [0.2, 0.25) is 0 Å². The summed E-state index contributed by atoms with van der Waals surface area (Å²) in [6, 6.07) is 1.83. The van der Waals surface area contributed by atoms with Gasteiger partial charge in [-0.3, -0.25) is 4.79 Å². The van der Waals surface area contributed by atoms with Crippen LogP contribution in [0.5, 0.6) is 0 Å². The predicted molar refractivity (Wildman–Crippen MR) is 62.9 cm³/mol. The van der Waals surface area contributed by atoms with E-state index in [4.69, 9.17) is 5.11 Å². The van der Waals surface area contributed by atoms with Crippen LogP contribution in [0.1, 0.15) is 13.3 Å². The monoisotopic (exact) mass is 234 g/mol. The van der Waals surface area contributed by atoms with E-state index in [0.717, 1.165) is 5.52 Å². The van der Waals surface area contributed by atoms with Gasteiger partial charge in [0.25, 0.3) is 0 Å². The molecule has 0 saturated heterocycles. The zero-order chi connectivity index (χ0) is 12.3. The van der Waals surface area contributed by atoms with Crippen LogP contribution < -0.4 is 5.32 Å². The van der Waals surface area contributed by atoms with E-state index < -0.39 is 11.9 Å².